The van der Waals surface area contributed by atoms with E-state index in [9.17, 15) is 4.79 Å². The van der Waals surface area contributed by atoms with E-state index in [2.05, 4.69) is 18.2 Å². The molecule has 3 rings (SSSR count). The molecule has 0 spiro atoms. The van der Waals surface area contributed by atoms with E-state index in [0.29, 0.717) is 12.8 Å². The lowest BCUT2D eigenvalue weighted by Gasteiger charge is -2.26. The molecule has 0 aromatic heterocycles. The van der Waals surface area contributed by atoms with Crippen LogP contribution in [0.5, 0.6) is 0 Å². The fourth-order valence-electron chi connectivity index (χ4n) is 3.26. The summed E-state index contributed by atoms with van der Waals surface area (Å²) < 4.78 is 0. The number of amides is 1. The third kappa shape index (κ3) is 1.32. The van der Waals surface area contributed by atoms with Crippen molar-refractivity contribution in [2.45, 2.75) is 38.0 Å². The number of carbonyl (C=O) groups is 1. The Labute approximate surface area is 107 Å². The highest BCUT2D eigenvalue weighted by molar-refractivity contribution is 6.08. The van der Waals surface area contributed by atoms with E-state index >= 15 is 0 Å². The smallest absolute Gasteiger partial charge is 0.237 e. The monoisotopic (exact) mass is 240 g/mol. The summed E-state index contributed by atoms with van der Waals surface area (Å²) in [7, 11) is 0. The predicted octanol–water partition coefficient (Wildman–Crippen LogP) is 2.54. The summed E-state index contributed by atoms with van der Waals surface area (Å²) in [5.41, 5.74) is 3.05. The van der Waals surface area contributed by atoms with Crippen LogP contribution in [0.1, 0.15) is 37.3 Å². The number of nitriles is 1. The molecule has 2 aliphatic rings. The lowest BCUT2D eigenvalue weighted by Crippen LogP contribution is -2.39. The van der Waals surface area contributed by atoms with Crippen molar-refractivity contribution < 1.29 is 4.79 Å². The molecule has 0 saturated heterocycles. The van der Waals surface area contributed by atoms with E-state index in [1.54, 1.807) is 0 Å². The van der Waals surface area contributed by atoms with E-state index in [-0.39, 0.29) is 5.91 Å². The van der Waals surface area contributed by atoms with Crippen molar-refractivity contribution in [2.75, 3.05) is 11.4 Å². The molecule has 0 saturated carbocycles. The van der Waals surface area contributed by atoms with Gasteiger partial charge < -0.3 is 4.90 Å². The standard InChI is InChI=1S/C15H16N2O/c1-15(8-4-9-16)12-7-2-5-11-6-3-10-17(13(11)12)14(15)18/h2,5,7H,3-4,6,8,10H2,1H3/t15-/m0/s1. The van der Waals surface area contributed by atoms with Gasteiger partial charge >= 0.3 is 0 Å². The normalized spacial score (nSPS) is 24.9. The zero-order chi connectivity index (χ0) is 12.8. The molecule has 1 amide bonds. The second kappa shape index (κ2) is 3.84. The van der Waals surface area contributed by atoms with Gasteiger partial charge in [-0.15, -0.1) is 0 Å². The molecule has 0 bridgehead atoms. The van der Waals surface area contributed by atoms with Crippen LogP contribution in [0.3, 0.4) is 0 Å². The third-order valence-electron chi connectivity index (χ3n) is 4.27. The highest BCUT2D eigenvalue weighted by Crippen LogP contribution is 2.47. The Bertz CT molecular complexity index is 558. The number of anilines is 1. The first-order valence-electron chi connectivity index (χ1n) is 6.50. The van der Waals surface area contributed by atoms with Crippen molar-refractivity contribution in [3.05, 3.63) is 29.3 Å². The van der Waals surface area contributed by atoms with Gasteiger partial charge in [0.25, 0.3) is 0 Å². The minimum Gasteiger partial charge on any atom is -0.311 e. The van der Waals surface area contributed by atoms with Gasteiger partial charge in [-0.1, -0.05) is 18.2 Å². The Morgan fingerprint density at radius 2 is 2.33 bits per heavy atom. The van der Waals surface area contributed by atoms with E-state index in [1.807, 2.05) is 17.9 Å². The van der Waals surface area contributed by atoms with Crippen molar-refractivity contribution in [2.24, 2.45) is 0 Å². The lowest BCUT2D eigenvalue weighted by atomic mass is 9.79. The fraction of sp³-hybridized carbons (Fsp3) is 0.467. The first-order chi connectivity index (χ1) is 8.68. The van der Waals surface area contributed by atoms with Crippen molar-refractivity contribution in [1.82, 2.24) is 0 Å². The van der Waals surface area contributed by atoms with Crippen LogP contribution >= 0.6 is 0 Å². The van der Waals surface area contributed by atoms with Crippen LogP contribution in [0, 0.1) is 11.3 Å². The van der Waals surface area contributed by atoms with Crippen LogP contribution < -0.4 is 4.90 Å². The van der Waals surface area contributed by atoms with E-state index in [4.69, 9.17) is 5.26 Å². The summed E-state index contributed by atoms with van der Waals surface area (Å²) in [6, 6.07) is 8.38. The first kappa shape index (κ1) is 11.3. The van der Waals surface area contributed by atoms with Gasteiger partial charge in [0.05, 0.1) is 17.2 Å². The minimum absolute atomic E-state index is 0.180. The molecule has 2 heterocycles. The van der Waals surface area contributed by atoms with Gasteiger partial charge in [0, 0.05) is 13.0 Å². The largest absolute Gasteiger partial charge is 0.311 e. The third-order valence-corrected chi connectivity index (χ3v) is 4.27. The van der Waals surface area contributed by atoms with Gasteiger partial charge in [0.15, 0.2) is 0 Å². The van der Waals surface area contributed by atoms with Gasteiger partial charge in [0.2, 0.25) is 5.91 Å². The molecule has 92 valence electrons. The van der Waals surface area contributed by atoms with Crippen LogP contribution in [0.4, 0.5) is 5.69 Å². The maximum absolute atomic E-state index is 12.6. The average molecular weight is 240 g/mol. The fourth-order valence-corrected chi connectivity index (χ4v) is 3.26. The van der Waals surface area contributed by atoms with E-state index in [1.165, 1.54) is 5.56 Å². The molecule has 18 heavy (non-hydrogen) atoms. The molecule has 0 N–H and O–H groups in total. The zero-order valence-electron chi connectivity index (χ0n) is 10.6. The van der Waals surface area contributed by atoms with E-state index < -0.39 is 5.41 Å². The van der Waals surface area contributed by atoms with Crippen LogP contribution in [-0.4, -0.2) is 12.5 Å². The van der Waals surface area contributed by atoms with Crippen molar-refractivity contribution in [3.8, 4) is 6.07 Å². The Balaban J connectivity index is 2.14. The number of rotatable bonds is 2. The quantitative estimate of drug-likeness (QED) is 0.797. The maximum atomic E-state index is 12.6. The number of hydrogen-bond acceptors (Lipinski definition) is 2. The number of nitrogens with zero attached hydrogens (tertiary/aromatic N) is 2. The van der Waals surface area contributed by atoms with E-state index in [0.717, 1.165) is 30.6 Å². The highest BCUT2D eigenvalue weighted by atomic mass is 16.2. The Kier molecular flexibility index (Phi) is 2.41. The number of benzene rings is 1. The van der Waals surface area contributed by atoms with Crippen molar-refractivity contribution >= 4 is 11.6 Å². The molecule has 0 aliphatic carbocycles. The summed E-state index contributed by atoms with van der Waals surface area (Å²) in [5, 5.41) is 8.79. The van der Waals surface area contributed by atoms with Crippen LogP contribution in [0.15, 0.2) is 18.2 Å². The Morgan fingerprint density at radius 3 is 3.11 bits per heavy atom. The van der Waals surface area contributed by atoms with Crippen molar-refractivity contribution in [1.29, 1.82) is 5.26 Å². The second-order valence-electron chi connectivity index (χ2n) is 5.36. The molecule has 0 unspecified atom stereocenters. The molecule has 2 aliphatic heterocycles. The second-order valence-corrected chi connectivity index (χ2v) is 5.36. The summed E-state index contributed by atoms with van der Waals surface area (Å²) in [6.45, 7) is 2.81. The highest BCUT2D eigenvalue weighted by Gasteiger charge is 2.48. The molecule has 1 aromatic carbocycles. The van der Waals surface area contributed by atoms with Gasteiger partial charge in [0.1, 0.15) is 0 Å². The van der Waals surface area contributed by atoms with Crippen LogP contribution in [0.25, 0.3) is 0 Å². The first-order valence-corrected chi connectivity index (χ1v) is 6.50. The molecule has 1 aromatic rings. The average Bonchev–Trinajstić information content (AvgIpc) is 2.62. The minimum atomic E-state index is -0.495. The summed E-state index contributed by atoms with van der Waals surface area (Å²) in [6.07, 6.45) is 3.15. The number of carbonyl (C=O) groups excluding carboxylic acids is 1. The number of hydrogen-bond donors (Lipinski definition) is 0. The summed E-state index contributed by atoms with van der Waals surface area (Å²) in [5.74, 6) is 0.180. The predicted molar refractivity (Wildman–Crippen MR) is 69.3 cm³/mol. The van der Waals surface area contributed by atoms with Crippen LogP contribution in [0.2, 0.25) is 0 Å². The number of aryl methyl sites for hydroxylation is 1. The summed E-state index contributed by atoms with van der Waals surface area (Å²) in [4.78, 5) is 14.6. The Hall–Kier alpha value is -1.82. The molecular weight excluding hydrogens is 224 g/mol. The lowest BCUT2D eigenvalue weighted by molar-refractivity contribution is -0.122. The summed E-state index contributed by atoms with van der Waals surface area (Å²) >= 11 is 0. The van der Waals surface area contributed by atoms with Gasteiger partial charge in [-0.05, 0) is 37.3 Å². The molecule has 3 nitrogen and oxygen atoms in total. The van der Waals surface area contributed by atoms with Gasteiger partial charge in [-0.25, -0.2) is 0 Å². The molecule has 0 radical (unpaired) electrons. The molecular formula is C15H16N2O. The molecule has 1 atom stereocenters. The topological polar surface area (TPSA) is 44.1 Å². The zero-order valence-corrected chi connectivity index (χ0v) is 10.6. The molecule has 0 fully saturated rings. The maximum Gasteiger partial charge on any atom is 0.237 e. The van der Waals surface area contributed by atoms with Gasteiger partial charge in [-0.3, -0.25) is 4.79 Å². The SMILES string of the molecule is C[C@@]1(CCC#N)C(=O)N2CCCc3cccc1c32. The molecule has 3 heteroatoms. The number of para-hydroxylation sites is 1. The van der Waals surface area contributed by atoms with Crippen molar-refractivity contribution in [3.63, 3.8) is 0 Å². The Morgan fingerprint density at radius 1 is 1.50 bits per heavy atom. The van der Waals surface area contributed by atoms with Gasteiger partial charge in [-0.2, -0.15) is 5.26 Å². The van der Waals surface area contributed by atoms with Crippen LogP contribution in [-0.2, 0) is 16.6 Å².